The topological polar surface area (TPSA) is 68.6 Å². The summed E-state index contributed by atoms with van der Waals surface area (Å²) in [5.74, 6) is 3.02. The maximum atomic E-state index is 10.6. The summed E-state index contributed by atoms with van der Waals surface area (Å²) < 4.78 is 13.0. The number of ether oxygens (including phenoxy) is 2. The molecule has 162 valence electrons. The van der Waals surface area contributed by atoms with E-state index in [1.807, 2.05) is 41.9 Å². The molecule has 2 aromatic heterocycles. The van der Waals surface area contributed by atoms with Crippen LogP contribution in [0.15, 0.2) is 36.5 Å². The molecule has 4 rings (SSSR count). The number of amides is 1. The third kappa shape index (κ3) is 4.91. The van der Waals surface area contributed by atoms with Gasteiger partial charge in [-0.05, 0) is 57.1 Å². The lowest BCUT2D eigenvalue weighted by Gasteiger charge is -2.13. The molecule has 1 amide bonds. The van der Waals surface area contributed by atoms with E-state index in [2.05, 4.69) is 29.3 Å². The smallest absolute Gasteiger partial charge is 0.212 e. The molecule has 1 aliphatic rings. The summed E-state index contributed by atoms with van der Waals surface area (Å²) >= 11 is 0. The molecule has 0 bridgehead atoms. The van der Waals surface area contributed by atoms with E-state index >= 15 is 0 Å². The predicted octanol–water partition coefficient (Wildman–Crippen LogP) is 4.03. The summed E-state index contributed by atoms with van der Waals surface area (Å²) in [6, 6.07) is 9.53. The molecule has 0 radical (unpaired) electrons. The Balaban J connectivity index is 0.000000364. The van der Waals surface area contributed by atoms with E-state index in [1.54, 1.807) is 20.4 Å². The molecular formula is C23H32N4O3. The number of rotatable bonds is 7. The van der Waals surface area contributed by atoms with Crippen LogP contribution < -0.4 is 14.8 Å². The van der Waals surface area contributed by atoms with Crippen molar-refractivity contribution in [3.05, 3.63) is 36.5 Å². The fourth-order valence-electron chi connectivity index (χ4n) is 3.53. The number of carbonyl (C=O) groups is 1. The van der Waals surface area contributed by atoms with Gasteiger partial charge in [0.2, 0.25) is 6.41 Å². The third-order valence-electron chi connectivity index (χ3n) is 5.14. The van der Waals surface area contributed by atoms with Gasteiger partial charge in [-0.1, -0.05) is 6.07 Å². The fraction of sp³-hybridized carbons (Fsp3) is 0.391. The number of aryl methyl sites for hydroxylation is 1. The lowest BCUT2D eigenvalue weighted by atomic mass is 10.1. The largest absolute Gasteiger partial charge is 0.496 e. The fourth-order valence-corrected chi connectivity index (χ4v) is 3.53. The van der Waals surface area contributed by atoms with Gasteiger partial charge in [-0.2, -0.15) is 0 Å². The summed E-state index contributed by atoms with van der Waals surface area (Å²) in [6.07, 6.45) is 5.28. The van der Waals surface area contributed by atoms with Crippen molar-refractivity contribution in [2.75, 3.05) is 40.2 Å². The lowest BCUT2D eigenvalue weighted by molar-refractivity contribution is -0.105. The molecule has 0 unspecified atom stereocenters. The third-order valence-corrected chi connectivity index (χ3v) is 5.14. The van der Waals surface area contributed by atoms with Gasteiger partial charge in [0.05, 0.1) is 37.2 Å². The lowest BCUT2D eigenvalue weighted by Crippen LogP contribution is -2.14. The van der Waals surface area contributed by atoms with Crippen molar-refractivity contribution in [3.63, 3.8) is 0 Å². The summed E-state index contributed by atoms with van der Waals surface area (Å²) in [7, 11) is 9.50. The maximum absolute atomic E-state index is 10.6. The molecule has 1 fully saturated rings. The van der Waals surface area contributed by atoms with E-state index in [4.69, 9.17) is 9.47 Å². The Morgan fingerprint density at radius 1 is 1.23 bits per heavy atom. The minimum absolute atomic E-state index is 0. The standard InChI is InChI=1S/C17H17N3O3.C6H13N.H2/c1-20-12(17-14(22-2)5-4-6-15(17)23-3)7-11-8-16(19-10-21)18-9-13(11)20;1-7(2)5-6-3-4-6;/h4-10H,1-3H3,(H,18,19,21);6H,3-5H2,1-2H3;1H. The molecule has 7 heteroatoms. The predicted molar refractivity (Wildman–Crippen MR) is 122 cm³/mol. The van der Waals surface area contributed by atoms with Crippen LogP contribution in [0.25, 0.3) is 22.2 Å². The number of carbonyl (C=O) groups excluding carboxylic acids is 1. The second-order valence-corrected chi connectivity index (χ2v) is 7.72. The molecule has 3 aromatic rings. The van der Waals surface area contributed by atoms with Gasteiger partial charge >= 0.3 is 0 Å². The van der Waals surface area contributed by atoms with E-state index in [9.17, 15) is 4.79 Å². The highest BCUT2D eigenvalue weighted by molar-refractivity contribution is 5.91. The van der Waals surface area contributed by atoms with Crippen LogP contribution in [0.5, 0.6) is 11.5 Å². The van der Waals surface area contributed by atoms with Crippen LogP contribution in [-0.2, 0) is 11.8 Å². The molecular weight excluding hydrogens is 380 g/mol. The van der Waals surface area contributed by atoms with Crippen LogP contribution in [0.1, 0.15) is 14.3 Å². The minimum Gasteiger partial charge on any atom is -0.496 e. The minimum atomic E-state index is 0. The van der Waals surface area contributed by atoms with E-state index in [1.165, 1.54) is 19.4 Å². The summed E-state index contributed by atoms with van der Waals surface area (Å²) in [4.78, 5) is 17.1. The van der Waals surface area contributed by atoms with Crippen LogP contribution in [0.2, 0.25) is 0 Å². The molecule has 0 aliphatic heterocycles. The number of anilines is 1. The average Bonchev–Trinajstić information content (AvgIpc) is 3.49. The first kappa shape index (κ1) is 21.6. The van der Waals surface area contributed by atoms with Gasteiger partial charge in [0.25, 0.3) is 0 Å². The molecule has 1 N–H and O–H groups in total. The maximum Gasteiger partial charge on any atom is 0.212 e. The summed E-state index contributed by atoms with van der Waals surface area (Å²) in [6.45, 7) is 1.31. The van der Waals surface area contributed by atoms with E-state index in [-0.39, 0.29) is 1.43 Å². The summed E-state index contributed by atoms with van der Waals surface area (Å²) in [5.41, 5.74) is 2.77. The normalized spacial score (nSPS) is 13.0. The van der Waals surface area contributed by atoms with Gasteiger partial charge < -0.3 is 24.3 Å². The number of nitrogens with one attached hydrogen (secondary N) is 1. The summed E-state index contributed by atoms with van der Waals surface area (Å²) in [5, 5.41) is 3.53. The molecule has 1 saturated carbocycles. The van der Waals surface area contributed by atoms with Crippen LogP contribution in [-0.4, -0.2) is 55.7 Å². The van der Waals surface area contributed by atoms with E-state index in [0.29, 0.717) is 12.2 Å². The highest BCUT2D eigenvalue weighted by Crippen LogP contribution is 2.40. The van der Waals surface area contributed by atoms with Crippen molar-refractivity contribution in [2.45, 2.75) is 12.8 Å². The molecule has 1 aromatic carbocycles. The monoisotopic (exact) mass is 412 g/mol. The molecule has 7 nitrogen and oxygen atoms in total. The van der Waals surface area contributed by atoms with Gasteiger partial charge in [0.15, 0.2) is 0 Å². The molecule has 0 atom stereocenters. The molecule has 0 spiro atoms. The Bertz CT molecular complexity index is 993. The van der Waals surface area contributed by atoms with E-state index in [0.717, 1.165) is 39.6 Å². The van der Waals surface area contributed by atoms with Crippen molar-refractivity contribution in [1.29, 1.82) is 0 Å². The Morgan fingerprint density at radius 3 is 2.40 bits per heavy atom. The molecule has 0 saturated heterocycles. The van der Waals surface area contributed by atoms with Crippen LogP contribution in [0.4, 0.5) is 5.82 Å². The zero-order chi connectivity index (χ0) is 21.7. The number of pyridine rings is 1. The quantitative estimate of drug-likeness (QED) is 0.594. The molecule has 2 heterocycles. The second-order valence-electron chi connectivity index (χ2n) is 7.72. The molecule has 30 heavy (non-hydrogen) atoms. The van der Waals surface area contributed by atoms with Crippen molar-refractivity contribution in [3.8, 4) is 22.8 Å². The van der Waals surface area contributed by atoms with Crippen molar-refractivity contribution in [1.82, 2.24) is 14.5 Å². The van der Waals surface area contributed by atoms with Gasteiger partial charge in [0.1, 0.15) is 17.3 Å². The van der Waals surface area contributed by atoms with Crippen molar-refractivity contribution in [2.24, 2.45) is 13.0 Å². The zero-order valence-corrected chi connectivity index (χ0v) is 18.3. The van der Waals surface area contributed by atoms with Crippen LogP contribution >= 0.6 is 0 Å². The molecule has 1 aliphatic carbocycles. The number of benzene rings is 1. The van der Waals surface area contributed by atoms with Gasteiger partial charge in [-0.15, -0.1) is 0 Å². The van der Waals surface area contributed by atoms with Gasteiger partial charge in [-0.3, -0.25) is 4.79 Å². The number of nitrogens with zero attached hydrogens (tertiary/aromatic N) is 3. The second kappa shape index (κ2) is 9.63. The highest BCUT2D eigenvalue weighted by Gasteiger charge is 2.21. The number of hydrogen-bond acceptors (Lipinski definition) is 5. The van der Waals surface area contributed by atoms with Crippen LogP contribution in [0, 0.1) is 5.92 Å². The number of hydrogen-bond donors (Lipinski definition) is 1. The number of methoxy groups -OCH3 is 2. The van der Waals surface area contributed by atoms with Gasteiger partial charge in [-0.25, -0.2) is 4.98 Å². The first-order chi connectivity index (χ1) is 14.5. The first-order valence-corrected chi connectivity index (χ1v) is 10.00. The highest BCUT2D eigenvalue weighted by atomic mass is 16.5. The van der Waals surface area contributed by atoms with Crippen molar-refractivity contribution < 1.29 is 15.7 Å². The van der Waals surface area contributed by atoms with E-state index < -0.39 is 0 Å². The SMILES string of the molecule is CN(C)CC1CC1.COc1cccc(OC)c1-c1cc2cc(NC=O)ncc2n1C.[HH]. The van der Waals surface area contributed by atoms with Gasteiger partial charge in [0, 0.05) is 20.4 Å². The first-order valence-electron chi connectivity index (χ1n) is 10.00. The Kier molecular flexibility index (Phi) is 6.95. The Labute approximate surface area is 179 Å². The number of fused-ring (bicyclic) bond motifs is 1. The van der Waals surface area contributed by atoms with Crippen molar-refractivity contribution >= 4 is 23.1 Å². The Morgan fingerprint density at radius 2 is 1.90 bits per heavy atom. The van der Waals surface area contributed by atoms with Crippen LogP contribution in [0.3, 0.4) is 0 Å². The average molecular weight is 413 g/mol. The Hall–Kier alpha value is -3.06. The zero-order valence-electron chi connectivity index (χ0n) is 18.3. The number of aromatic nitrogens is 2.